The van der Waals surface area contributed by atoms with Gasteiger partial charge in [0.1, 0.15) is 0 Å². The van der Waals surface area contributed by atoms with E-state index in [-0.39, 0.29) is 30.0 Å². The lowest BCUT2D eigenvalue weighted by Crippen LogP contribution is -2.54. The molecule has 0 saturated carbocycles. The second-order valence-corrected chi connectivity index (χ2v) is 10.3. The fourth-order valence-corrected chi connectivity index (χ4v) is 5.67. The second-order valence-electron chi connectivity index (χ2n) is 9.49. The normalized spacial score (nSPS) is 20.1. The van der Waals surface area contributed by atoms with Crippen LogP contribution in [0.2, 0.25) is 10.0 Å². The minimum Gasteiger partial charge on any atom is -0.465 e. The molecule has 38 heavy (non-hydrogen) atoms. The predicted molar refractivity (Wildman–Crippen MR) is 145 cm³/mol. The van der Waals surface area contributed by atoms with Gasteiger partial charge in [-0.3, -0.25) is 14.5 Å². The van der Waals surface area contributed by atoms with E-state index in [4.69, 9.17) is 27.9 Å². The quantitative estimate of drug-likeness (QED) is 0.495. The van der Waals surface area contributed by atoms with Crippen molar-refractivity contribution < 1.29 is 24.2 Å². The van der Waals surface area contributed by atoms with Crippen LogP contribution < -0.4 is 0 Å². The molecular formula is C28H27Cl2N3O5. The van der Waals surface area contributed by atoms with Crippen molar-refractivity contribution in [3.8, 4) is 0 Å². The summed E-state index contributed by atoms with van der Waals surface area (Å²) in [7, 11) is 1.29. The van der Waals surface area contributed by atoms with Crippen LogP contribution in [-0.2, 0) is 4.74 Å². The molecule has 3 aromatic rings. The van der Waals surface area contributed by atoms with Crippen LogP contribution in [0.4, 0.5) is 0 Å². The van der Waals surface area contributed by atoms with Crippen LogP contribution in [0, 0.1) is 0 Å². The lowest BCUT2D eigenvalue weighted by molar-refractivity contribution is 0.0376. The van der Waals surface area contributed by atoms with E-state index in [2.05, 4.69) is 4.90 Å². The first-order valence-electron chi connectivity index (χ1n) is 12.3. The molecule has 0 bridgehead atoms. The summed E-state index contributed by atoms with van der Waals surface area (Å²) in [6.07, 6.45) is -0.740. The highest BCUT2D eigenvalue weighted by Crippen LogP contribution is 2.32. The Bertz CT molecular complexity index is 1390. The van der Waals surface area contributed by atoms with E-state index in [0.717, 1.165) is 0 Å². The molecule has 0 spiro atoms. The molecule has 0 aliphatic carbocycles. The Labute approximate surface area is 230 Å². The van der Waals surface area contributed by atoms with E-state index in [1.807, 2.05) is 0 Å². The lowest BCUT2D eigenvalue weighted by Gasteiger charge is -2.38. The third-order valence-electron chi connectivity index (χ3n) is 7.33. The minimum absolute atomic E-state index is 0.0545. The number of fused-ring (bicyclic) bond motifs is 1. The molecule has 198 valence electrons. The maximum Gasteiger partial charge on any atom is 0.338 e. The third kappa shape index (κ3) is 4.97. The Hall–Kier alpha value is -3.17. The summed E-state index contributed by atoms with van der Waals surface area (Å²) in [6.45, 7) is 2.69. The standard InChI is InChI=1S/C28H27Cl2N3O5/c1-38-28(37)21-4-2-3-19-22(30)10-9-20(25(19)21)27(36)33-15-23(24(34)16-33)31-11-13-32(14-12-31)26(35)17-5-7-18(29)8-6-17/h2-10,23-24,34H,11-16H2,1H3. The Morgan fingerprint density at radius 3 is 2.24 bits per heavy atom. The van der Waals surface area contributed by atoms with Crippen molar-refractivity contribution in [2.45, 2.75) is 12.1 Å². The molecule has 2 aliphatic heterocycles. The number of rotatable bonds is 4. The molecule has 2 fully saturated rings. The second kappa shape index (κ2) is 10.9. The van der Waals surface area contributed by atoms with Gasteiger partial charge in [-0.05, 0) is 42.5 Å². The first-order valence-corrected chi connectivity index (χ1v) is 13.1. The highest BCUT2D eigenvalue weighted by molar-refractivity contribution is 6.37. The summed E-state index contributed by atoms with van der Waals surface area (Å²) in [4.78, 5) is 44.5. The van der Waals surface area contributed by atoms with Crippen molar-refractivity contribution in [3.05, 3.63) is 81.3 Å². The molecule has 2 amide bonds. The third-order valence-corrected chi connectivity index (χ3v) is 7.91. The summed E-state index contributed by atoms with van der Waals surface area (Å²) in [6, 6.07) is 14.9. The fraction of sp³-hybridized carbons (Fsp3) is 0.321. The zero-order valence-electron chi connectivity index (χ0n) is 20.8. The highest BCUT2D eigenvalue weighted by atomic mass is 35.5. The van der Waals surface area contributed by atoms with Gasteiger partial charge in [0.25, 0.3) is 11.8 Å². The van der Waals surface area contributed by atoms with Crippen LogP contribution >= 0.6 is 23.2 Å². The number of benzene rings is 3. The summed E-state index contributed by atoms with van der Waals surface area (Å²) in [5.41, 5.74) is 1.17. The Kier molecular flexibility index (Phi) is 7.59. The Balaban J connectivity index is 1.30. The number of methoxy groups -OCH3 is 1. The van der Waals surface area contributed by atoms with E-state index in [0.29, 0.717) is 64.7 Å². The van der Waals surface area contributed by atoms with Crippen molar-refractivity contribution in [3.63, 3.8) is 0 Å². The van der Waals surface area contributed by atoms with Crippen LogP contribution in [0.1, 0.15) is 31.1 Å². The number of piperazine rings is 1. The zero-order valence-corrected chi connectivity index (χ0v) is 22.3. The number of hydrogen-bond donors (Lipinski definition) is 1. The number of esters is 1. The molecule has 8 nitrogen and oxygen atoms in total. The van der Waals surface area contributed by atoms with E-state index >= 15 is 0 Å². The van der Waals surface area contributed by atoms with Gasteiger partial charge >= 0.3 is 5.97 Å². The number of β-amino-alcohol motifs (C(OH)–C–C–N with tert-alkyl or cyclic N) is 1. The topological polar surface area (TPSA) is 90.4 Å². The maximum atomic E-state index is 13.7. The number of hydrogen-bond acceptors (Lipinski definition) is 6. The number of carbonyl (C=O) groups is 3. The Morgan fingerprint density at radius 2 is 1.55 bits per heavy atom. The minimum atomic E-state index is -0.740. The van der Waals surface area contributed by atoms with Crippen molar-refractivity contribution in [2.24, 2.45) is 0 Å². The fourth-order valence-electron chi connectivity index (χ4n) is 5.33. The summed E-state index contributed by atoms with van der Waals surface area (Å²) in [5.74, 6) is -0.903. The maximum absolute atomic E-state index is 13.7. The monoisotopic (exact) mass is 555 g/mol. The summed E-state index contributed by atoms with van der Waals surface area (Å²) >= 11 is 12.3. The highest BCUT2D eigenvalue weighted by Gasteiger charge is 2.40. The molecule has 10 heteroatoms. The number of carbonyl (C=O) groups excluding carboxylic acids is 3. The van der Waals surface area contributed by atoms with Crippen LogP contribution in [0.5, 0.6) is 0 Å². The van der Waals surface area contributed by atoms with Crippen molar-refractivity contribution >= 4 is 51.8 Å². The first-order chi connectivity index (χ1) is 18.3. The van der Waals surface area contributed by atoms with E-state index < -0.39 is 12.1 Å². The van der Waals surface area contributed by atoms with E-state index in [1.165, 1.54) is 7.11 Å². The van der Waals surface area contributed by atoms with Gasteiger partial charge in [0.15, 0.2) is 0 Å². The van der Waals surface area contributed by atoms with Gasteiger partial charge in [-0.1, -0.05) is 35.3 Å². The number of nitrogens with zero attached hydrogens (tertiary/aromatic N) is 3. The predicted octanol–water partition coefficient (Wildman–Crippen LogP) is 3.58. The number of ether oxygens (including phenoxy) is 1. The molecule has 3 aromatic carbocycles. The molecule has 2 atom stereocenters. The number of likely N-dealkylation sites (tertiary alicyclic amines) is 1. The number of halogens is 2. The molecule has 1 N–H and O–H groups in total. The summed E-state index contributed by atoms with van der Waals surface area (Å²) < 4.78 is 4.93. The van der Waals surface area contributed by atoms with Crippen LogP contribution in [0.3, 0.4) is 0 Å². The van der Waals surface area contributed by atoms with Crippen molar-refractivity contribution in [1.29, 1.82) is 0 Å². The molecule has 0 aromatic heterocycles. The van der Waals surface area contributed by atoms with Gasteiger partial charge in [0.05, 0.1) is 24.8 Å². The SMILES string of the molecule is COC(=O)c1cccc2c(Cl)ccc(C(=O)N3CC(O)C(N4CCN(C(=O)c5ccc(Cl)cc5)CC4)C3)c12. The van der Waals surface area contributed by atoms with Crippen LogP contribution in [0.25, 0.3) is 10.8 Å². The summed E-state index contributed by atoms with van der Waals surface area (Å²) in [5, 5.41) is 12.9. The number of aliphatic hydroxyl groups excluding tert-OH is 1. The van der Waals surface area contributed by atoms with E-state index in [9.17, 15) is 19.5 Å². The Morgan fingerprint density at radius 1 is 0.842 bits per heavy atom. The first kappa shape index (κ1) is 26.4. The average Bonchev–Trinajstić information content (AvgIpc) is 3.34. The van der Waals surface area contributed by atoms with Gasteiger partial charge in [-0.2, -0.15) is 0 Å². The smallest absolute Gasteiger partial charge is 0.338 e. The number of aliphatic hydroxyl groups is 1. The molecule has 2 heterocycles. The van der Waals surface area contributed by atoms with Gasteiger partial charge in [-0.25, -0.2) is 4.79 Å². The average molecular weight is 556 g/mol. The van der Waals surface area contributed by atoms with Gasteiger partial charge in [-0.15, -0.1) is 0 Å². The van der Waals surface area contributed by atoms with Crippen LogP contribution in [0.15, 0.2) is 54.6 Å². The molecule has 5 rings (SSSR count). The van der Waals surface area contributed by atoms with E-state index in [1.54, 1.807) is 64.4 Å². The lowest BCUT2D eigenvalue weighted by atomic mass is 9.98. The molecule has 2 unspecified atom stereocenters. The van der Waals surface area contributed by atoms with Crippen molar-refractivity contribution in [2.75, 3.05) is 46.4 Å². The largest absolute Gasteiger partial charge is 0.465 e. The molecule has 2 aliphatic rings. The van der Waals surface area contributed by atoms with Gasteiger partial charge in [0.2, 0.25) is 0 Å². The molecule has 0 radical (unpaired) electrons. The zero-order chi connectivity index (χ0) is 27.0. The van der Waals surface area contributed by atoms with Gasteiger partial charge < -0.3 is 19.6 Å². The van der Waals surface area contributed by atoms with Crippen LogP contribution in [-0.4, -0.2) is 96.1 Å². The van der Waals surface area contributed by atoms with Gasteiger partial charge in [0, 0.05) is 71.2 Å². The molecule has 2 saturated heterocycles. The number of amides is 2. The van der Waals surface area contributed by atoms with Crippen molar-refractivity contribution in [1.82, 2.24) is 14.7 Å². The molecular weight excluding hydrogens is 529 g/mol.